The number of amides is 1. The molecule has 2 aliphatic rings. The second-order valence-corrected chi connectivity index (χ2v) is 11.2. The largest absolute Gasteiger partial charge is 0.481 e. The van der Waals surface area contributed by atoms with Gasteiger partial charge in [-0.2, -0.15) is 9.97 Å². The van der Waals surface area contributed by atoms with E-state index in [0.717, 1.165) is 25.2 Å². The smallest absolute Gasteiger partial charge is 0.322 e. The molecule has 2 aromatic carbocycles. The summed E-state index contributed by atoms with van der Waals surface area (Å²) in [5.74, 6) is 0.986. The van der Waals surface area contributed by atoms with Crippen molar-refractivity contribution in [2.75, 3.05) is 54.1 Å². The van der Waals surface area contributed by atoms with Gasteiger partial charge in [0.05, 0.1) is 32.5 Å². The number of aromatic nitrogens is 3. The fraction of sp³-hybridized carbons (Fsp3) is 0.353. The third-order valence-corrected chi connectivity index (χ3v) is 8.63. The zero-order chi connectivity index (χ0) is 30.5. The molecule has 2 fully saturated rings. The van der Waals surface area contributed by atoms with Crippen molar-refractivity contribution < 1.29 is 19.0 Å². The molecule has 47 heavy (non-hydrogen) atoms. The van der Waals surface area contributed by atoms with E-state index in [4.69, 9.17) is 14.2 Å². The number of rotatable bonds is 9. The van der Waals surface area contributed by atoms with E-state index in [2.05, 4.69) is 85.4 Å². The van der Waals surface area contributed by atoms with Crippen molar-refractivity contribution in [1.29, 1.82) is 0 Å². The lowest BCUT2D eigenvalue weighted by Crippen LogP contribution is -2.67. The highest BCUT2D eigenvalue weighted by Gasteiger charge is 2.43. The van der Waals surface area contributed by atoms with Gasteiger partial charge >= 0.3 is 6.01 Å². The fourth-order valence-electron chi connectivity index (χ4n) is 6.66. The molecular formula is C34H41Cl3N6O4. The first kappa shape index (κ1) is 37.8. The summed E-state index contributed by atoms with van der Waals surface area (Å²) >= 11 is 0. The maximum Gasteiger partial charge on any atom is 0.322 e. The number of piperazine rings is 2. The Kier molecular flexibility index (Phi) is 14.0. The number of pyridine rings is 1. The fourth-order valence-corrected chi connectivity index (χ4v) is 6.66. The number of fused-ring (bicyclic) bond motifs is 1. The van der Waals surface area contributed by atoms with Crippen molar-refractivity contribution in [2.45, 2.75) is 24.5 Å². The van der Waals surface area contributed by atoms with Crippen molar-refractivity contribution in [3.8, 4) is 17.8 Å². The molecule has 2 atom stereocenters. The quantitative estimate of drug-likeness (QED) is 0.239. The van der Waals surface area contributed by atoms with Crippen LogP contribution in [-0.2, 0) is 6.54 Å². The number of carbonyl (C=O) groups excluding carboxylic acids is 1. The Balaban J connectivity index is 0.00000200. The Morgan fingerprint density at radius 3 is 1.94 bits per heavy atom. The Labute approximate surface area is 294 Å². The predicted molar refractivity (Wildman–Crippen MR) is 188 cm³/mol. The van der Waals surface area contributed by atoms with E-state index in [0.29, 0.717) is 37.0 Å². The SMILES string of the molecule is COc1nc(OC)c(CN2C[C@@H]3CN(C(=O)c4cccnc4)CCN3[C@H](C(c3ccccc3)c3ccccc3)C2)c(OC)n1.Cl.Cl.Cl. The third-order valence-electron chi connectivity index (χ3n) is 8.63. The van der Waals surface area contributed by atoms with Crippen molar-refractivity contribution in [2.24, 2.45) is 0 Å². The summed E-state index contributed by atoms with van der Waals surface area (Å²) in [7, 11) is 4.71. The van der Waals surface area contributed by atoms with E-state index in [1.807, 2.05) is 17.0 Å². The van der Waals surface area contributed by atoms with Gasteiger partial charge in [-0.05, 0) is 23.3 Å². The molecular weight excluding hydrogens is 663 g/mol. The van der Waals surface area contributed by atoms with E-state index in [1.165, 1.54) is 18.2 Å². The lowest BCUT2D eigenvalue weighted by atomic mass is 9.81. The normalized spacial score (nSPS) is 17.7. The van der Waals surface area contributed by atoms with Gasteiger partial charge in [0.2, 0.25) is 11.8 Å². The molecule has 6 rings (SSSR count). The molecule has 2 saturated heterocycles. The van der Waals surface area contributed by atoms with Gasteiger partial charge in [-0.1, -0.05) is 60.7 Å². The zero-order valence-electron chi connectivity index (χ0n) is 26.6. The zero-order valence-corrected chi connectivity index (χ0v) is 29.0. The molecule has 10 nitrogen and oxygen atoms in total. The predicted octanol–water partition coefficient (Wildman–Crippen LogP) is 5.01. The Morgan fingerprint density at radius 1 is 0.787 bits per heavy atom. The van der Waals surface area contributed by atoms with E-state index in [-0.39, 0.29) is 67.1 Å². The van der Waals surface area contributed by atoms with Crippen LogP contribution in [0.3, 0.4) is 0 Å². The average Bonchev–Trinajstić information content (AvgIpc) is 3.09. The van der Waals surface area contributed by atoms with Crippen LogP contribution in [0.25, 0.3) is 0 Å². The highest BCUT2D eigenvalue weighted by molar-refractivity contribution is 5.94. The van der Waals surface area contributed by atoms with Crippen LogP contribution in [0.1, 0.15) is 33.0 Å². The Hall–Kier alpha value is -3.67. The van der Waals surface area contributed by atoms with Crippen LogP contribution in [0.4, 0.5) is 0 Å². The number of benzene rings is 2. The highest BCUT2D eigenvalue weighted by atomic mass is 35.5. The number of hydrogen-bond donors (Lipinski definition) is 0. The summed E-state index contributed by atoms with van der Waals surface area (Å²) in [6.45, 7) is 4.12. The molecule has 0 bridgehead atoms. The molecule has 252 valence electrons. The molecule has 4 aromatic rings. The van der Waals surface area contributed by atoms with Crippen LogP contribution in [0, 0.1) is 0 Å². The lowest BCUT2D eigenvalue weighted by molar-refractivity contribution is -0.0292. The second-order valence-electron chi connectivity index (χ2n) is 11.2. The molecule has 0 N–H and O–H groups in total. The molecule has 0 spiro atoms. The summed E-state index contributed by atoms with van der Waals surface area (Å²) < 4.78 is 16.7. The molecule has 0 aliphatic carbocycles. The third kappa shape index (κ3) is 8.25. The first-order chi connectivity index (χ1) is 21.6. The average molecular weight is 704 g/mol. The Bertz CT molecular complexity index is 1490. The molecule has 0 radical (unpaired) electrons. The van der Waals surface area contributed by atoms with Crippen LogP contribution in [0.5, 0.6) is 17.8 Å². The monoisotopic (exact) mass is 702 g/mol. The summed E-state index contributed by atoms with van der Waals surface area (Å²) in [6, 6.07) is 25.5. The van der Waals surface area contributed by atoms with Crippen LogP contribution in [-0.4, -0.2) is 102 Å². The molecule has 2 aromatic heterocycles. The van der Waals surface area contributed by atoms with E-state index >= 15 is 0 Å². The number of nitrogens with zero attached hydrogens (tertiary/aromatic N) is 6. The molecule has 4 heterocycles. The van der Waals surface area contributed by atoms with Crippen molar-refractivity contribution in [3.63, 3.8) is 0 Å². The standard InChI is InChI=1S/C34H38N6O4.3ClH/c1-42-31-28(32(43-2)37-34(36-31)44-3)22-38-20-27-21-39(33(41)26-15-10-16-35-19-26)17-18-40(27)29(23-38)30(24-11-6-4-7-12-24)25-13-8-5-9-14-25;;;/h4-16,19,27,29-30H,17-18,20-23H2,1-3H3;3*1H/t27-,29+;;;/m1.../s1. The number of carbonyl (C=O) groups is 1. The summed E-state index contributed by atoms with van der Waals surface area (Å²) in [5.41, 5.74) is 3.90. The van der Waals surface area contributed by atoms with E-state index in [1.54, 1.807) is 26.6 Å². The minimum atomic E-state index is 0. The summed E-state index contributed by atoms with van der Waals surface area (Å²) in [6.07, 6.45) is 3.34. The van der Waals surface area contributed by atoms with Gasteiger partial charge in [-0.3, -0.25) is 19.6 Å². The van der Waals surface area contributed by atoms with Gasteiger partial charge in [-0.15, -0.1) is 37.2 Å². The van der Waals surface area contributed by atoms with Gasteiger partial charge < -0.3 is 19.1 Å². The minimum Gasteiger partial charge on any atom is -0.481 e. The molecule has 13 heteroatoms. The maximum absolute atomic E-state index is 13.5. The van der Waals surface area contributed by atoms with Crippen LogP contribution in [0.2, 0.25) is 0 Å². The molecule has 0 unspecified atom stereocenters. The first-order valence-corrected chi connectivity index (χ1v) is 14.9. The number of ether oxygens (including phenoxy) is 3. The van der Waals surface area contributed by atoms with Crippen molar-refractivity contribution in [1.82, 2.24) is 29.7 Å². The van der Waals surface area contributed by atoms with Gasteiger partial charge in [-0.25, -0.2) is 0 Å². The second kappa shape index (κ2) is 17.5. The van der Waals surface area contributed by atoms with Gasteiger partial charge in [0.1, 0.15) is 0 Å². The van der Waals surface area contributed by atoms with E-state index in [9.17, 15) is 4.79 Å². The summed E-state index contributed by atoms with van der Waals surface area (Å²) in [4.78, 5) is 33.6. The molecule has 0 saturated carbocycles. The highest BCUT2D eigenvalue weighted by Crippen LogP contribution is 2.37. The minimum absolute atomic E-state index is 0. The van der Waals surface area contributed by atoms with E-state index < -0.39 is 0 Å². The topological polar surface area (TPSA) is 93.2 Å². The molecule has 2 aliphatic heterocycles. The van der Waals surface area contributed by atoms with Gasteiger partial charge in [0, 0.05) is 69.7 Å². The van der Waals surface area contributed by atoms with Crippen LogP contribution in [0.15, 0.2) is 85.2 Å². The Morgan fingerprint density at radius 2 is 1.40 bits per heavy atom. The lowest BCUT2D eigenvalue weighted by Gasteiger charge is -2.53. The number of hydrogen-bond acceptors (Lipinski definition) is 9. The first-order valence-electron chi connectivity index (χ1n) is 14.9. The van der Waals surface area contributed by atoms with Crippen LogP contribution >= 0.6 is 37.2 Å². The summed E-state index contributed by atoms with van der Waals surface area (Å²) in [5, 5.41) is 0. The molecule has 1 amide bonds. The van der Waals surface area contributed by atoms with Gasteiger partial charge in [0.15, 0.2) is 0 Å². The maximum atomic E-state index is 13.5. The van der Waals surface area contributed by atoms with Crippen molar-refractivity contribution >= 4 is 43.1 Å². The van der Waals surface area contributed by atoms with Crippen molar-refractivity contribution in [3.05, 3.63) is 107 Å². The van der Waals surface area contributed by atoms with Crippen LogP contribution < -0.4 is 14.2 Å². The van der Waals surface area contributed by atoms with Gasteiger partial charge in [0.25, 0.3) is 5.91 Å². The number of methoxy groups -OCH3 is 3. The number of halogens is 3.